The fourth-order valence-electron chi connectivity index (χ4n) is 12.0. The Kier molecular flexibility index (Phi) is 27.5. The van der Waals surface area contributed by atoms with Crippen molar-refractivity contribution in [2.24, 2.45) is 11.8 Å². The highest BCUT2D eigenvalue weighted by Gasteiger charge is 2.60. The number of ether oxygens (including phenoxy) is 2. The van der Waals surface area contributed by atoms with Gasteiger partial charge in [-0.05, 0) is 134 Å². The first kappa shape index (κ1) is 85.0. The molecule has 8 aromatic rings. The molecule has 2 fully saturated rings. The molecule has 34 nitrogen and oxygen atoms in total. The number of aliphatic carboxylic acids is 1. The van der Waals surface area contributed by atoms with E-state index < -0.39 is 127 Å². The zero-order valence-corrected chi connectivity index (χ0v) is 61.8. The predicted molar refractivity (Wildman–Crippen MR) is 388 cm³/mol. The van der Waals surface area contributed by atoms with E-state index in [1.165, 1.54) is 63.7 Å². The first-order valence-electron chi connectivity index (χ1n) is 35.0. The second kappa shape index (κ2) is 35.8. The first-order valence-corrected chi connectivity index (χ1v) is 35.0. The number of carbonyl (C=O) groups is 6. The van der Waals surface area contributed by atoms with Crippen molar-refractivity contribution in [2.75, 3.05) is 32.0 Å². The Morgan fingerprint density at radius 2 is 0.928 bits per heavy atom. The number of halogens is 4. The number of alkyl halides is 4. The lowest BCUT2D eigenvalue weighted by Gasteiger charge is -2.21. The fourth-order valence-corrected chi connectivity index (χ4v) is 12.0. The molecular weight excluding hydrogens is 1470 g/mol. The average Bonchev–Trinajstić information content (AvgIpc) is 1.66. The molecule has 2 aliphatic rings. The van der Waals surface area contributed by atoms with Crippen LogP contribution in [0.2, 0.25) is 0 Å². The second-order valence-corrected chi connectivity index (χ2v) is 27.4. The number of phenols is 4. The number of aliphatic hydroxyl groups is 4. The number of nitrogens with zero attached hydrogens (tertiary/aromatic N) is 10. The van der Waals surface area contributed by atoms with Crippen molar-refractivity contribution in [1.82, 2.24) is 69.9 Å². The number of amides is 4. The third kappa shape index (κ3) is 19.2. The number of carboxylic acid groups (broad SMARTS) is 1. The number of aromatic nitrogens is 10. The predicted octanol–water partition coefficient (Wildman–Crippen LogP) is 4.78. The third-order valence-corrected chi connectivity index (χ3v) is 17.6. The summed E-state index contributed by atoms with van der Waals surface area (Å²) >= 11 is 0. The number of Topliss-reactive ketones (excluding diaryl/α,β-unsaturated/α-hetero) is 1. The van der Waals surface area contributed by atoms with Crippen molar-refractivity contribution in [3.63, 3.8) is 0 Å². The fraction of sp³-hybridized carbons (Fsp3) is 0.425. The monoisotopic (exact) mass is 1550 g/mol. The molecule has 0 aliphatic carbocycles. The Labute approximate surface area is 630 Å². The summed E-state index contributed by atoms with van der Waals surface area (Å²) in [6.45, 7) is 17.4. The number of hydrogen-bond donors (Lipinski definition) is 14. The van der Waals surface area contributed by atoms with Crippen LogP contribution in [0.3, 0.4) is 0 Å². The van der Waals surface area contributed by atoms with E-state index in [2.05, 4.69) is 51.6 Å². The maximum absolute atomic E-state index is 14.6. The number of aliphatic hydroxyl groups excluding tert-OH is 4. The number of nitrogens with one attached hydrogen (secondary N) is 4. The van der Waals surface area contributed by atoms with E-state index in [1.807, 2.05) is 55.4 Å². The smallest absolute Gasteiger partial charge is 0.351 e. The van der Waals surface area contributed by atoms with Gasteiger partial charge in [0.25, 0.3) is 23.6 Å². The number of nitrogens with two attached hydrogens (primary N) is 1. The van der Waals surface area contributed by atoms with Gasteiger partial charge < -0.3 is 82.4 Å². The summed E-state index contributed by atoms with van der Waals surface area (Å²) in [4.78, 5) is 108. The van der Waals surface area contributed by atoms with Gasteiger partial charge in [0.05, 0.1) is 42.5 Å². The topological polar surface area (TPSA) is 508 Å². The molecule has 15 N–H and O–H groups in total. The first-order chi connectivity index (χ1) is 52.3. The molecule has 0 bridgehead atoms. The van der Waals surface area contributed by atoms with Crippen LogP contribution in [0, 0.1) is 11.8 Å². The Balaban J connectivity index is 0.000000237. The minimum atomic E-state index is -3.90. The molecular formula is C73H87F4N15O19. The lowest BCUT2D eigenvalue weighted by atomic mass is 9.97. The molecule has 0 saturated carbocycles. The minimum Gasteiger partial charge on any atom is -0.508 e. The number of carbonyl (C=O) groups excluding carboxylic acids is 5. The van der Waals surface area contributed by atoms with Crippen molar-refractivity contribution in [2.45, 2.75) is 161 Å². The molecule has 10 rings (SSSR count). The molecule has 0 spiro atoms. The number of ketones is 1. The van der Waals surface area contributed by atoms with E-state index in [1.54, 1.807) is 38.1 Å². The van der Waals surface area contributed by atoms with Crippen LogP contribution in [0.15, 0.2) is 107 Å². The van der Waals surface area contributed by atoms with Crippen LogP contribution in [0.1, 0.15) is 165 Å². The summed E-state index contributed by atoms with van der Waals surface area (Å²) in [5.74, 6) is -12.3. The van der Waals surface area contributed by atoms with Crippen LogP contribution in [-0.2, 0) is 25.5 Å². The van der Waals surface area contributed by atoms with Gasteiger partial charge in [-0.15, -0.1) is 20.4 Å². The molecule has 596 valence electrons. The van der Waals surface area contributed by atoms with Crippen molar-refractivity contribution >= 4 is 41.2 Å². The van der Waals surface area contributed by atoms with Crippen LogP contribution in [-0.4, -0.2) is 205 Å². The molecule has 8 atom stereocenters. The highest BCUT2D eigenvalue weighted by Crippen LogP contribution is 2.45. The number of phenolic OH excluding ortho intramolecular Hbond substituents is 4. The molecule has 2 saturated heterocycles. The van der Waals surface area contributed by atoms with E-state index >= 15 is 0 Å². The Hall–Kier alpha value is -11.6. The van der Waals surface area contributed by atoms with Crippen LogP contribution in [0.5, 0.6) is 23.0 Å². The summed E-state index contributed by atoms with van der Waals surface area (Å²) in [6, 6.07) is 18.0. The van der Waals surface area contributed by atoms with E-state index in [0.717, 1.165) is 18.5 Å². The Morgan fingerprint density at radius 1 is 0.541 bits per heavy atom. The van der Waals surface area contributed by atoms with Crippen molar-refractivity contribution in [3.8, 4) is 57.1 Å². The van der Waals surface area contributed by atoms with Gasteiger partial charge in [0, 0.05) is 60.1 Å². The number of nitrogen functional groups attached to an aromatic ring is 1. The summed E-state index contributed by atoms with van der Waals surface area (Å²) in [5.41, 5.74) is 5.72. The molecule has 111 heavy (non-hydrogen) atoms. The van der Waals surface area contributed by atoms with E-state index in [4.69, 9.17) is 20.3 Å². The third-order valence-electron chi connectivity index (χ3n) is 17.6. The van der Waals surface area contributed by atoms with Gasteiger partial charge in [0.15, 0.2) is 29.6 Å². The number of rotatable bonds is 26. The molecule has 6 heterocycles. The number of anilines is 1. The maximum atomic E-state index is 14.6. The van der Waals surface area contributed by atoms with Crippen LogP contribution in [0.25, 0.3) is 34.2 Å². The number of carboxylic acids is 1. The van der Waals surface area contributed by atoms with Gasteiger partial charge in [-0.2, -0.15) is 27.5 Å². The van der Waals surface area contributed by atoms with Gasteiger partial charge in [0.2, 0.25) is 24.1 Å². The van der Waals surface area contributed by atoms with Gasteiger partial charge >= 0.3 is 29.2 Å². The van der Waals surface area contributed by atoms with E-state index in [-0.39, 0.29) is 117 Å². The summed E-state index contributed by atoms with van der Waals surface area (Å²) in [6.07, 6.45) is -9.83. The van der Waals surface area contributed by atoms with E-state index in [0.29, 0.717) is 44.7 Å². The van der Waals surface area contributed by atoms with Crippen LogP contribution >= 0.6 is 0 Å². The quantitative estimate of drug-likeness (QED) is 0.0324. The zero-order valence-electron chi connectivity index (χ0n) is 61.8. The molecule has 38 heteroatoms. The summed E-state index contributed by atoms with van der Waals surface area (Å²) in [7, 11) is 0. The molecule has 4 amide bonds. The Morgan fingerprint density at radius 3 is 1.28 bits per heavy atom. The lowest BCUT2D eigenvalue weighted by molar-refractivity contribution is -0.141. The van der Waals surface area contributed by atoms with Gasteiger partial charge in [-0.3, -0.25) is 42.2 Å². The normalized spacial score (nSPS) is 18.2. The highest BCUT2D eigenvalue weighted by atomic mass is 19.3. The largest absolute Gasteiger partial charge is 0.508 e. The average molecular weight is 1550 g/mol. The van der Waals surface area contributed by atoms with Crippen LogP contribution in [0.4, 0.5) is 23.4 Å². The second-order valence-electron chi connectivity index (χ2n) is 27.4. The maximum Gasteiger partial charge on any atom is 0.351 e. The van der Waals surface area contributed by atoms with Crippen molar-refractivity contribution < 1.29 is 102 Å². The zero-order chi connectivity index (χ0) is 82.0. The summed E-state index contributed by atoms with van der Waals surface area (Å²) < 4.78 is 70.3. The van der Waals surface area contributed by atoms with Crippen LogP contribution < -0.4 is 38.4 Å². The Bertz CT molecular complexity index is 4820. The molecule has 4 aromatic carbocycles. The number of hydrogen-bond acceptors (Lipinski definition) is 25. The van der Waals surface area contributed by atoms with Crippen molar-refractivity contribution in [1.29, 1.82) is 0 Å². The van der Waals surface area contributed by atoms with E-state index in [9.17, 15) is 96.8 Å². The molecule has 0 radical (unpaired) electrons. The van der Waals surface area contributed by atoms with Crippen molar-refractivity contribution in [3.05, 3.63) is 158 Å². The van der Waals surface area contributed by atoms with Gasteiger partial charge in [-0.25, -0.2) is 14.4 Å². The number of aromatic hydroxyl groups is 4. The lowest BCUT2D eigenvalue weighted by Crippen LogP contribution is -2.43. The molecule has 2 aliphatic heterocycles. The SMILES string of the molecule is CCNC(=O)c1nnc(-c2cc(C(C)C)c(O)cc2O)n1-c1ccc(C(=O)N[C@@H](CC(C)C)C(=O)Cc2ccn([C@@H]3O[C@H](CO)[C@@H](O)C3(F)F)c(=O)n2)cc1.CCNC(=O)c1nnc(-c2cc(C(C)C)c(O)cc2O)n1-c1ccc(C(=O)N[C@@H](CC(C)C)C(=O)O)cc1.Nc1ccn([C@@H]2O[C@H](CO)[C@@H](O)C2(F)F)c(=O)n1. The van der Waals surface area contributed by atoms with Gasteiger partial charge in [-0.1, -0.05) is 55.4 Å². The molecule has 0 unspecified atom stereocenters. The summed E-state index contributed by atoms with van der Waals surface area (Å²) in [5, 5.41) is 116. The molecule has 4 aromatic heterocycles. The van der Waals surface area contributed by atoms with Gasteiger partial charge in [0.1, 0.15) is 47.1 Å². The standard InChI is InChI=1S/C37H43F2N7O9.C27H33N5O6.C9H11F2N3O4/c1-6-40-34(53)32-44-43-31(24-15-23(19(4)5)26(48)16-27(24)49)46(32)22-9-7-20(8-10-22)33(52)42-25(13-18(2)3)28(50)14-21-11-12-45(36(54)41-21)35-37(38,39)30(51)29(17-47)55-35;1-6-28-26(36)24-31-30-23(19-12-18(15(4)5)21(33)13-22(19)34)32(24)17-9-7-16(8-10-17)25(35)29-20(27(37)38)11-14(2)3;10-9(11)6(16)4(3-15)18-7(9)14-2-1-5(12)13-8(14)17/h7-12,15-16,18-19,25,29-30,35,47-49,51H,6,13-14,17H2,1-5H3,(H,40,53)(H,42,52);7-10,12-15,20,33-34H,6,11H2,1-5H3,(H,28,36)(H,29,35)(H,37,38);1-2,4,6-7,15-16H,3H2,(H2,12,13,17)/t25-,29+,30+,35+;20-;4-,6-,7-/m001/s1. The number of benzene rings is 4. The highest BCUT2D eigenvalue weighted by molar-refractivity contribution is 5.99. The minimum absolute atomic E-state index is 0.0412.